The highest BCUT2D eigenvalue weighted by molar-refractivity contribution is 7.88. The predicted octanol–water partition coefficient (Wildman–Crippen LogP) is -0.410. The van der Waals surface area contributed by atoms with Crippen LogP contribution < -0.4 is 0 Å². The van der Waals surface area contributed by atoms with Crippen molar-refractivity contribution in [1.29, 1.82) is 0 Å². The average molecular weight is 280 g/mol. The number of hydrogen-bond donors (Lipinski definition) is 1. The molecule has 0 bridgehead atoms. The van der Waals surface area contributed by atoms with Crippen LogP contribution in [0.5, 0.6) is 0 Å². The largest absolute Gasteiger partial charge is 0.480 e. The van der Waals surface area contributed by atoms with Crippen molar-refractivity contribution in [2.45, 2.75) is 26.3 Å². The zero-order valence-electron chi connectivity index (χ0n) is 11.1. The van der Waals surface area contributed by atoms with Crippen LogP contribution in [0.2, 0.25) is 0 Å². The van der Waals surface area contributed by atoms with Crippen LogP contribution in [-0.2, 0) is 19.6 Å². The van der Waals surface area contributed by atoms with Crippen molar-refractivity contribution in [2.75, 3.05) is 26.4 Å². The molecule has 18 heavy (non-hydrogen) atoms. The van der Waals surface area contributed by atoms with Gasteiger partial charge < -0.3 is 10.0 Å². The number of carboxylic acid groups (broad SMARTS) is 1. The van der Waals surface area contributed by atoms with E-state index >= 15 is 0 Å². The molecule has 106 valence electrons. The molecule has 0 radical (unpaired) electrons. The van der Waals surface area contributed by atoms with Gasteiger partial charge in [-0.1, -0.05) is 6.92 Å². The first-order valence-electron chi connectivity index (χ1n) is 5.52. The summed E-state index contributed by atoms with van der Waals surface area (Å²) in [4.78, 5) is 23.8. The number of carbonyl (C=O) groups excluding carboxylic acids is 1. The van der Waals surface area contributed by atoms with E-state index in [9.17, 15) is 18.0 Å². The zero-order valence-corrected chi connectivity index (χ0v) is 11.9. The van der Waals surface area contributed by atoms with Crippen LogP contribution in [0.25, 0.3) is 0 Å². The van der Waals surface area contributed by atoms with Crippen molar-refractivity contribution in [3.63, 3.8) is 0 Å². The number of nitrogens with zero attached hydrogens (tertiary/aromatic N) is 2. The van der Waals surface area contributed by atoms with Gasteiger partial charge in [0.25, 0.3) is 0 Å². The summed E-state index contributed by atoms with van der Waals surface area (Å²) in [7, 11) is -2.17. The minimum absolute atomic E-state index is 0.249. The van der Waals surface area contributed by atoms with E-state index in [0.717, 1.165) is 10.6 Å². The molecule has 0 rings (SSSR count). The summed E-state index contributed by atoms with van der Waals surface area (Å²) in [5, 5.41) is 8.75. The van der Waals surface area contributed by atoms with Gasteiger partial charge in [-0.2, -0.15) is 4.31 Å². The van der Waals surface area contributed by atoms with E-state index in [-0.39, 0.29) is 12.6 Å². The van der Waals surface area contributed by atoms with Crippen LogP contribution in [0.4, 0.5) is 0 Å². The summed E-state index contributed by atoms with van der Waals surface area (Å²) in [6.07, 6.45) is 1.59. The highest BCUT2D eigenvalue weighted by Crippen LogP contribution is 2.05. The minimum atomic E-state index is -3.45. The van der Waals surface area contributed by atoms with Gasteiger partial charge in [0.1, 0.15) is 6.54 Å². The van der Waals surface area contributed by atoms with Crippen LogP contribution in [0, 0.1) is 0 Å². The lowest BCUT2D eigenvalue weighted by atomic mass is 10.2. The maximum absolute atomic E-state index is 11.9. The second-order valence-corrected chi connectivity index (χ2v) is 6.28. The van der Waals surface area contributed by atoms with Gasteiger partial charge in [0, 0.05) is 13.1 Å². The molecule has 0 aromatic heterocycles. The molecule has 0 aromatic carbocycles. The van der Waals surface area contributed by atoms with Gasteiger partial charge >= 0.3 is 5.97 Å². The zero-order chi connectivity index (χ0) is 14.5. The summed E-state index contributed by atoms with van der Waals surface area (Å²) in [6.45, 7) is 2.77. The van der Waals surface area contributed by atoms with Crippen molar-refractivity contribution < 1.29 is 23.1 Å². The molecule has 0 saturated heterocycles. The highest BCUT2D eigenvalue weighted by atomic mass is 32.2. The van der Waals surface area contributed by atoms with E-state index in [1.54, 1.807) is 6.92 Å². The Kier molecular flexibility index (Phi) is 6.27. The highest BCUT2D eigenvalue weighted by Gasteiger charge is 2.24. The van der Waals surface area contributed by atoms with Gasteiger partial charge in [0.2, 0.25) is 15.9 Å². The lowest BCUT2D eigenvalue weighted by molar-refractivity contribution is -0.146. The van der Waals surface area contributed by atoms with E-state index < -0.39 is 28.4 Å². The Morgan fingerprint density at radius 2 is 1.78 bits per heavy atom. The fourth-order valence-electron chi connectivity index (χ4n) is 1.25. The summed E-state index contributed by atoms with van der Waals surface area (Å²) < 4.78 is 23.3. The number of carbonyl (C=O) groups is 2. The molecule has 7 nitrogen and oxygen atoms in total. The lowest BCUT2D eigenvalue weighted by Gasteiger charge is -2.28. The Morgan fingerprint density at radius 1 is 1.28 bits per heavy atom. The van der Waals surface area contributed by atoms with Crippen molar-refractivity contribution in [3.05, 3.63) is 0 Å². The summed E-state index contributed by atoms with van der Waals surface area (Å²) in [6, 6.07) is -0.249. The second kappa shape index (κ2) is 6.69. The van der Waals surface area contributed by atoms with Crippen LogP contribution >= 0.6 is 0 Å². The minimum Gasteiger partial charge on any atom is -0.480 e. The molecule has 0 aliphatic carbocycles. The van der Waals surface area contributed by atoms with E-state index in [2.05, 4.69) is 0 Å². The van der Waals surface area contributed by atoms with Crippen molar-refractivity contribution in [1.82, 2.24) is 9.21 Å². The topological polar surface area (TPSA) is 95.0 Å². The van der Waals surface area contributed by atoms with Crippen LogP contribution in [0.15, 0.2) is 0 Å². The van der Waals surface area contributed by atoms with Gasteiger partial charge in [0.15, 0.2) is 0 Å². The fraction of sp³-hybridized carbons (Fsp3) is 0.800. The molecule has 1 unspecified atom stereocenters. The lowest BCUT2D eigenvalue weighted by Crippen LogP contribution is -2.46. The molecule has 0 aliphatic rings. The maximum Gasteiger partial charge on any atom is 0.323 e. The molecule has 0 heterocycles. The first-order chi connectivity index (χ1) is 8.09. The maximum atomic E-state index is 11.9. The van der Waals surface area contributed by atoms with E-state index in [1.807, 2.05) is 6.92 Å². The molecule has 0 spiro atoms. The van der Waals surface area contributed by atoms with Crippen LogP contribution in [0.1, 0.15) is 20.3 Å². The molecule has 0 aliphatic heterocycles. The molecule has 1 N–H and O–H groups in total. The molecule has 0 fully saturated rings. The standard InChI is InChI=1S/C10H20N2O5S/c1-5-8(2)12(7-10(14)15)9(13)6-11(3)18(4,16)17/h8H,5-7H2,1-4H3,(H,14,15). The second-order valence-electron chi connectivity index (χ2n) is 4.19. The van der Waals surface area contributed by atoms with Gasteiger partial charge in [0.05, 0.1) is 12.8 Å². The summed E-state index contributed by atoms with van der Waals surface area (Å²) in [5.74, 6) is -1.63. The number of rotatable bonds is 7. The Balaban J connectivity index is 4.82. The van der Waals surface area contributed by atoms with Crippen molar-refractivity contribution >= 4 is 21.9 Å². The molecule has 1 amide bonds. The Labute approximate surface area is 107 Å². The average Bonchev–Trinajstić information content (AvgIpc) is 2.22. The third kappa shape index (κ3) is 5.46. The van der Waals surface area contributed by atoms with Gasteiger partial charge in [-0.25, -0.2) is 8.42 Å². The molecular formula is C10H20N2O5S. The van der Waals surface area contributed by atoms with E-state index in [4.69, 9.17) is 5.11 Å². The summed E-state index contributed by atoms with van der Waals surface area (Å²) >= 11 is 0. The first kappa shape index (κ1) is 16.9. The fourth-order valence-corrected chi connectivity index (χ4v) is 1.60. The smallest absolute Gasteiger partial charge is 0.323 e. The predicted molar refractivity (Wildman–Crippen MR) is 66.6 cm³/mol. The van der Waals surface area contributed by atoms with Crippen molar-refractivity contribution in [2.24, 2.45) is 0 Å². The monoisotopic (exact) mass is 280 g/mol. The molecule has 1 atom stereocenters. The van der Waals surface area contributed by atoms with E-state index in [1.165, 1.54) is 11.9 Å². The van der Waals surface area contributed by atoms with Crippen LogP contribution in [-0.4, -0.2) is 67.0 Å². The molecule has 0 aromatic rings. The Morgan fingerprint density at radius 3 is 2.11 bits per heavy atom. The quantitative estimate of drug-likeness (QED) is 0.684. The number of carboxylic acids is 1. The summed E-state index contributed by atoms with van der Waals surface area (Å²) in [5.41, 5.74) is 0. The van der Waals surface area contributed by atoms with Crippen LogP contribution in [0.3, 0.4) is 0 Å². The number of amides is 1. The molecular weight excluding hydrogens is 260 g/mol. The molecule has 0 saturated carbocycles. The van der Waals surface area contributed by atoms with E-state index in [0.29, 0.717) is 6.42 Å². The van der Waals surface area contributed by atoms with Crippen molar-refractivity contribution in [3.8, 4) is 0 Å². The Hall–Kier alpha value is -1.15. The number of sulfonamides is 1. The first-order valence-corrected chi connectivity index (χ1v) is 7.37. The van der Waals surface area contributed by atoms with Gasteiger partial charge in [-0.15, -0.1) is 0 Å². The number of aliphatic carboxylic acids is 1. The Bertz CT molecular complexity index is 406. The SMILES string of the molecule is CCC(C)N(CC(=O)O)C(=O)CN(C)S(C)(=O)=O. The normalized spacial score (nSPS) is 13.4. The third-order valence-corrected chi connectivity index (χ3v) is 3.93. The van der Waals surface area contributed by atoms with Gasteiger partial charge in [-0.05, 0) is 13.3 Å². The number of likely N-dealkylation sites (N-methyl/N-ethyl adjacent to an activating group) is 1. The number of hydrogen-bond acceptors (Lipinski definition) is 4. The third-order valence-electron chi connectivity index (χ3n) is 2.67. The molecule has 8 heteroatoms. The van der Waals surface area contributed by atoms with Gasteiger partial charge in [-0.3, -0.25) is 9.59 Å².